The highest BCUT2D eigenvalue weighted by atomic mass is 16.2. The summed E-state index contributed by atoms with van der Waals surface area (Å²) < 4.78 is 2.19. The topological polar surface area (TPSA) is 70.1 Å². The van der Waals surface area contributed by atoms with E-state index in [0.717, 1.165) is 55.4 Å². The maximum absolute atomic E-state index is 12.7. The number of nitrogens with zero attached hydrogens (tertiary/aromatic N) is 5. The second kappa shape index (κ2) is 7.84. The first kappa shape index (κ1) is 18.2. The van der Waals surface area contributed by atoms with Gasteiger partial charge in [0.1, 0.15) is 11.6 Å². The van der Waals surface area contributed by atoms with Gasteiger partial charge in [-0.2, -0.15) is 0 Å². The van der Waals surface area contributed by atoms with Crippen molar-refractivity contribution in [2.24, 2.45) is 7.05 Å². The summed E-state index contributed by atoms with van der Waals surface area (Å²) in [5.41, 5.74) is 1.73. The molecule has 1 amide bonds. The summed E-state index contributed by atoms with van der Waals surface area (Å²) in [5.74, 6) is 2.66. The monoisotopic (exact) mass is 370 g/mol. The number of H-pyrrole nitrogens is 1. The predicted molar refractivity (Wildman–Crippen MR) is 104 cm³/mol. The molecule has 0 atom stereocenters. The normalized spacial score (nSPS) is 19.6. The Labute approximate surface area is 160 Å². The highest BCUT2D eigenvalue weighted by molar-refractivity contribution is 5.95. The lowest BCUT2D eigenvalue weighted by Gasteiger charge is -2.31. The molecule has 0 aromatic carbocycles. The summed E-state index contributed by atoms with van der Waals surface area (Å²) in [5, 5.41) is 8.99. The van der Waals surface area contributed by atoms with Crippen molar-refractivity contribution < 1.29 is 4.79 Å². The minimum Gasteiger partial charge on any atom is -0.365 e. The Hall–Kier alpha value is -2.15. The molecule has 4 rings (SSSR count). The standard InChI is InChI=1S/C20H30N6O/c1-15-17(6-9-21-15)20(27)26-12-7-16(8-13-26)19-23-22-18(24(19)2)14-25-10-4-3-5-11-25/h6,9,16,21H,3-5,7-8,10-14H2,1-2H3. The fourth-order valence-corrected chi connectivity index (χ4v) is 4.38. The first-order valence-electron chi connectivity index (χ1n) is 10.2. The maximum Gasteiger partial charge on any atom is 0.255 e. The highest BCUT2D eigenvalue weighted by Crippen LogP contribution is 2.28. The van der Waals surface area contributed by atoms with Crippen molar-refractivity contribution >= 4 is 5.91 Å². The summed E-state index contributed by atoms with van der Waals surface area (Å²) in [6.45, 7) is 6.74. The molecular weight excluding hydrogens is 340 g/mol. The number of aromatic nitrogens is 4. The molecule has 1 N–H and O–H groups in total. The summed E-state index contributed by atoms with van der Waals surface area (Å²) in [6, 6.07) is 1.87. The number of amides is 1. The van der Waals surface area contributed by atoms with Crippen molar-refractivity contribution in [2.75, 3.05) is 26.2 Å². The number of carbonyl (C=O) groups is 1. The lowest BCUT2D eigenvalue weighted by molar-refractivity contribution is 0.0710. The van der Waals surface area contributed by atoms with E-state index in [1.807, 2.05) is 24.1 Å². The molecule has 2 saturated heterocycles. The van der Waals surface area contributed by atoms with E-state index in [4.69, 9.17) is 0 Å². The molecule has 0 spiro atoms. The van der Waals surface area contributed by atoms with E-state index in [2.05, 4.69) is 31.7 Å². The minimum absolute atomic E-state index is 0.135. The SMILES string of the molecule is Cc1[nH]ccc1C(=O)N1CCC(c2nnc(CN3CCCCC3)n2C)CC1. The number of hydrogen-bond donors (Lipinski definition) is 1. The molecular formula is C20H30N6O. The minimum atomic E-state index is 0.135. The van der Waals surface area contributed by atoms with Gasteiger partial charge in [-0.1, -0.05) is 6.42 Å². The molecule has 27 heavy (non-hydrogen) atoms. The van der Waals surface area contributed by atoms with Gasteiger partial charge in [-0.15, -0.1) is 10.2 Å². The number of piperidine rings is 2. The molecule has 0 bridgehead atoms. The first-order valence-corrected chi connectivity index (χ1v) is 10.2. The largest absolute Gasteiger partial charge is 0.365 e. The van der Waals surface area contributed by atoms with E-state index in [1.54, 1.807) is 0 Å². The van der Waals surface area contributed by atoms with E-state index in [1.165, 1.54) is 32.4 Å². The van der Waals surface area contributed by atoms with Gasteiger partial charge in [0.15, 0.2) is 0 Å². The zero-order chi connectivity index (χ0) is 18.8. The van der Waals surface area contributed by atoms with Crippen LogP contribution >= 0.6 is 0 Å². The number of rotatable bonds is 4. The Balaban J connectivity index is 1.37. The van der Waals surface area contributed by atoms with Crippen LogP contribution in [0.3, 0.4) is 0 Å². The number of carbonyl (C=O) groups excluding carboxylic acids is 1. The predicted octanol–water partition coefficient (Wildman–Crippen LogP) is 2.46. The van der Waals surface area contributed by atoms with Crippen LogP contribution in [0, 0.1) is 6.92 Å². The molecule has 7 nitrogen and oxygen atoms in total. The summed E-state index contributed by atoms with van der Waals surface area (Å²) in [6.07, 6.45) is 7.66. The van der Waals surface area contributed by atoms with Crippen LogP contribution < -0.4 is 0 Å². The molecule has 146 valence electrons. The quantitative estimate of drug-likeness (QED) is 0.897. The zero-order valence-corrected chi connectivity index (χ0v) is 16.4. The van der Waals surface area contributed by atoms with Crippen LogP contribution in [0.2, 0.25) is 0 Å². The third-order valence-corrected chi connectivity index (χ3v) is 6.14. The van der Waals surface area contributed by atoms with Gasteiger partial charge < -0.3 is 14.5 Å². The third-order valence-electron chi connectivity index (χ3n) is 6.14. The van der Waals surface area contributed by atoms with E-state index >= 15 is 0 Å². The summed E-state index contributed by atoms with van der Waals surface area (Å²) in [7, 11) is 2.09. The van der Waals surface area contributed by atoms with Crippen LogP contribution in [-0.4, -0.2) is 61.6 Å². The fourth-order valence-electron chi connectivity index (χ4n) is 4.38. The molecule has 2 aromatic heterocycles. The van der Waals surface area contributed by atoms with Gasteiger partial charge in [-0.05, 0) is 51.8 Å². The lowest BCUT2D eigenvalue weighted by atomic mass is 9.95. The van der Waals surface area contributed by atoms with Gasteiger partial charge >= 0.3 is 0 Å². The summed E-state index contributed by atoms with van der Waals surface area (Å²) >= 11 is 0. The average molecular weight is 371 g/mol. The molecule has 2 aromatic rings. The Morgan fingerprint density at radius 3 is 2.56 bits per heavy atom. The average Bonchev–Trinajstić information content (AvgIpc) is 3.28. The van der Waals surface area contributed by atoms with Crippen LogP contribution in [0.25, 0.3) is 0 Å². The molecule has 4 heterocycles. The van der Waals surface area contributed by atoms with Crippen LogP contribution in [0.1, 0.15) is 65.7 Å². The zero-order valence-electron chi connectivity index (χ0n) is 16.4. The highest BCUT2D eigenvalue weighted by Gasteiger charge is 2.28. The third kappa shape index (κ3) is 3.78. The number of nitrogens with one attached hydrogen (secondary N) is 1. The van der Waals surface area contributed by atoms with Crippen molar-refractivity contribution in [1.82, 2.24) is 29.5 Å². The van der Waals surface area contributed by atoms with Gasteiger partial charge in [-0.3, -0.25) is 9.69 Å². The van der Waals surface area contributed by atoms with E-state index in [9.17, 15) is 4.79 Å². The van der Waals surface area contributed by atoms with Crippen LogP contribution in [0.5, 0.6) is 0 Å². The number of aromatic amines is 1. The lowest BCUT2D eigenvalue weighted by Crippen LogP contribution is -2.38. The molecule has 2 fully saturated rings. The molecule has 0 unspecified atom stereocenters. The molecule has 2 aliphatic heterocycles. The van der Waals surface area contributed by atoms with Crippen molar-refractivity contribution in [1.29, 1.82) is 0 Å². The Morgan fingerprint density at radius 2 is 1.89 bits per heavy atom. The number of hydrogen-bond acceptors (Lipinski definition) is 4. The Kier molecular flexibility index (Phi) is 5.29. The van der Waals surface area contributed by atoms with Gasteiger partial charge in [0, 0.05) is 37.9 Å². The molecule has 2 aliphatic rings. The van der Waals surface area contributed by atoms with Crippen LogP contribution in [0.4, 0.5) is 0 Å². The number of likely N-dealkylation sites (tertiary alicyclic amines) is 2. The first-order chi connectivity index (χ1) is 13.1. The molecule has 0 aliphatic carbocycles. The van der Waals surface area contributed by atoms with E-state index < -0.39 is 0 Å². The molecule has 0 saturated carbocycles. The van der Waals surface area contributed by atoms with Gasteiger partial charge in [-0.25, -0.2) is 0 Å². The summed E-state index contributed by atoms with van der Waals surface area (Å²) in [4.78, 5) is 20.2. The van der Waals surface area contributed by atoms with Gasteiger partial charge in [0.25, 0.3) is 5.91 Å². The van der Waals surface area contributed by atoms with E-state index in [0.29, 0.717) is 5.92 Å². The van der Waals surface area contributed by atoms with Gasteiger partial charge in [0.05, 0.1) is 12.1 Å². The van der Waals surface area contributed by atoms with E-state index in [-0.39, 0.29) is 5.91 Å². The Morgan fingerprint density at radius 1 is 1.15 bits per heavy atom. The molecule has 7 heteroatoms. The van der Waals surface area contributed by atoms with Crippen molar-refractivity contribution in [3.63, 3.8) is 0 Å². The van der Waals surface area contributed by atoms with Crippen molar-refractivity contribution in [3.8, 4) is 0 Å². The maximum atomic E-state index is 12.7. The second-order valence-electron chi connectivity index (χ2n) is 7.95. The van der Waals surface area contributed by atoms with Crippen LogP contribution in [0.15, 0.2) is 12.3 Å². The fraction of sp³-hybridized carbons (Fsp3) is 0.650. The van der Waals surface area contributed by atoms with Gasteiger partial charge in [0.2, 0.25) is 0 Å². The Bertz CT molecular complexity index is 780. The molecule has 0 radical (unpaired) electrons. The second-order valence-corrected chi connectivity index (χ2v) is 7.95. The van der Waals surface area contributed by atoms with Crippen molar-refractivity contribution in [2.45, 2.75) is 51.5 Å². The van der Waals surface area contributed by atoms with Crippen LogP contribution in [-0.2, 0) is 13.6 Å². The van der Waals surface area contributed by atoms with Crippen molar-refractivity contribution in [3.05, 3.63) is 35.2 Å². The smallest absolute Gasteiger partial charge is 0.255 e. The number of aryl methyl sites for hydroxylation is 1.